The first-order chi connectivity index (χ1) is 9.69. The molecule has 2 atom stereocenters. The molecule has 2 unspecified atom stereocenters. The summed E-state index contributed by atoms with van der Waals surface area (Å²) in [5, 5.41) is 10.4. The first-order valence-electron chi connectivity index (χ1n) is 6.76. The van der Waals surface area contributed by atoms with E-state index in [-0.39, 0.29) is 6.10 Å². The maximum Gasteiger partial charge on any atom is 0.133 e. The summed E-state index contributed by atoms with van der Waals surface area (Å²) in [7, 11) is 1.63. The van der Waals surface area contributed by atoms with Crippen LogP contribution >= 0.6 is 0 Å². The van der Waals surface area contributed by atoms with E-state index in [1.807, 2.05) is 49.4 Å². The zero-order valence-corrected chi connectivity index (χ0v) is 11.7. The predicted molar refractivity (Wildman–Crippen MR) is 77.3 cm³/mol. The molecule has 3 nitrogen and oxygen atoms in total. The molecule has 0 saturated carbocycles. The first-order valence-corrected chi connectivity index (χ1v) is 6.76. The summed E-state index contributed by atoms with van der Waals surface area (Å²) in [5.41, 5.74) is 3.10. The molecule has 0 saturated heterocycles. The standard InChI is InChI=1S/C17H18O3/c1-11-5-3-4-6-15(11)20-16-9-12-7-8-13(19-2)10-14(12)17(16)18/h3-8,10,16-18H,9H2,1-2H3. The minimum absolute atomic E-state index is 0.238. The Hall–Kier alpha value is -2.00. The lowest BCUT2D eigenvalue weighted by molar-refractivity contribution is 0.0489. The first kappa shape index (κ1) is 13.0. The smallest absolute Gasteiger partial charge is 0.133 e. The van der Waals surface area contributed by atoms with Gasteiger partial charge in [0.2, 0.25) is 0 Å². The van der Waals surface area contributed by atoms with Crippen LogP contribution in [0.25, 0.3) is 0 Å². The van der Waals surface area contributed by atoms with E-state index in [9.17, 15) is 5.11 Å². The van der Waals surface area contributed by atoms with Crippen LogP contribution in [-0.4, -0.2) is 18.3 Å². The predicted octanol–water partition coefficient (Wildman–Crippen LogP) is 3.04. The van der Waals surface area contributed by atoms with Gasteiger partial charge in [-0.2, -0.15) is 0 Å². The third-order valence-corrected chi connectivity index (χ3v) is 3.82. The molecule has 104 valence electrons. The van der Waals surface area contributed by atoms with Crippen molar-refractivity contribution in [3.63, 3.8) is 0 Å². The van der Waals surface area contributed by atoms with Crippen LogP contribution in [0.2, 0.25) is 0 Å². The van der Waals surface area contributed by atoms with Gasteiger partial charge in [0, 0.05) is 6.42 Å². The van der Waals surface area contributed by atoms with Gasteiger partial charge in [0.1, 0.15) is 23.7 Å². The third kappa shape index (κ3) is 2.25. The van der Waals surface area contributed by atoms with Crippen molar-refractivity contribution in [3.05, 3.63) is 59.2 Å². The van der Waals surface area contributed by atoms with Crippen molar-refractivity contribution >= 4 is 0 Å². The Balaban J connectivity index is 1.83. The maximum atomic E-state index is 10.4. The van der Waals surface area contributed by atoms with Crippen LogP contribution in [-0.2, 0) is 6.42 Å². The molecule has 0 fully saturated rings. The quantitative estimate of drug-likeness (QED) is 0.931. The number of hydrogen-bond acceptors (Lipinski definition) is 3. The third-order valence-electron chi connectivity index (χ3n) is 3.82. The highest BCUT2D eigenvalue weighted by Gasteiger charge is 2.33. The fourth-order valence-electron chi connectivity index (χ4n) is 2.65. The Morgan fingerprint density at radius 1 is 1.15 bits per heavy atom. The topological polar surface area (TPSA) is 38.7 Å². The number of hydrogen-bond donors (Lipinski definition) is 1. The molecule has 0 heterocycles. The summed E-state index contributed by atoms with van der Waals surface area (Å²) in [6, 6.07) is 13.7. The number of aliphatic hydroxyl groups is 1. The van der Waals surface area contributed by atoms with Crippen molar-refractivity contribution in [1.82, 2.24) is 0 Å². The number of para-hydroxylation sites is 1. The van der Waals surface area contributed by atoms with Crippen molar-refractivity contribution in [2.75, 3.05) is 7.11 Å². The largest absolute Gasteiger partial charge is 0.497 e. The van der Waals surface area contributed by atoms with E-state index in [0.717, 1.165) is 34.6 Å². The van der Waals surface area contributed by atoms with Crippen molar-refractivity contribution < 1.29 is 14.6 Å². The molecule has 0 bridgehead atoms. The van der Waals surface area contributed by atoms with Crippen LogP contribution in [0.5, 0.6) is 11.5 Å². The number of ether oxygens (including phenoxy) is 2. The van der Waals surface area contributed by atoms with Crippen molar-refractivity contribution in [2.45, 2.75) is 25.6 Å². The van der Waals surface area contributed by atoms with Gasteiger partial charge < -0.3 is 14.6 Å². The van der Waals surface area contributed by atoms with E-state index in [0.29, 0.717) is 0 Å². The van der Waals surface area contributed by atoms with Crippen LogP contribution in [0.3, 0.4) is 0 Å². The van der Waals surface area contributed by atoms with E-state index in [4.69, 9.17) is 9.47 Å². The minimum Gasteiger partial charge on any atom is -0.497 e. The molecule has 1 aliphatic rings. The number of rotatable bonds is 3. The van der Waals surface area contributed by atoms with Crippen molar-refractivity contribution in [2.24, 2.45) is 0 Å². The Bertz CT molecular complexity index is 621. The molecule has 2 aromatic carbocycles. The van der Waals surface area contributed by atoms with Gasteiger partial charge in [0.05, 0.1) is 7.11 Å². The zero-order chi connectivity index (χ0) is 14.1. The van der Waals surface area contributed by atoms with Gasteiger partial charge >= 0.3 is 0 Å². The second kappa shape index (κ2) is 5.17. The fraction of sp³-hybridized carbons (Fsp3) is 0.294. The normalized spacial score (nSPS) is 20.6. The van der Waals surface area contributed by atoms with E-state index in [1.54, 1.807) is 7.11 Å². The second-order valence-electron chi connectivity index (χ2n) is 5.14. The summed E-state index contributed by atoms with van der Waals surface area (Å²) in [6.45, 7) is 2.01. The van der Waals surface area contributed by atoms with Crippen LogP contribution in [0.15, 0.2) is 42.5 Å². The monoisotopic (exact) mass is 270 g/mol. The number of aliphatic hydroxyl groups excluding tert-OH is 1. The Labute approximate surface area is 118 Å². The molecule has 20 heavy (non-hydrogen) atoms. The summed E-state index contributed by atoms with van der Waals surface area (Å²) in [5.74, 6) is 1.59. The fourth-order valence-corrected chi connectivity index (χ4v) is 2.65. The molecule has 0 spiro atoms. The lowest BCUT2D eigenvalue weighted by atomic mass is 10.1. The highest BCUT2D eigenvalue weighted by atomic mass is 16.5. The van der Waals surface area contributed by atoms with Gasteiger partial charge in [-0.3, -0.25) is 0 Å². The number of aryl methyl sites for hydroxylation is 1. The van der Waals surface area contributed by atoms with Gasteiger partial charge in [-0.25, -0.2) is 0 Å². The van der Waals surface area contributed by atoms with Gasteiger partial charge in [-0.05, 0) is 41.8 Å². The molecule has 2 aromatic rings. The molecular weight excluding hydrogens is 252 g/mol. The SMILES string of the molecule is COc1ccc2c(c1)C(O)C(Oc1ccccc1C)C2. The van der Waals surface area contributed by atoms with Crippen LogP contribution < -0.4 is 9.47 Å². The van der Waals surface area contributed by atoms with E-state index in [1.165, 1.54) is 0 Å². The molecule has 1 N–H and O–H groups in total. The Morgan fingerprint density at radius 2 is 1.95 bits per heavy atom. The number of methoxy groups -OCH3 is 1. The zero-order valence-electron chi connectivity index (χ0n) is 11.7. The summed E-state index contributed by atoms with van der Waals surface area (Å²) in [4.78, 5) is 0. The Kier molecular flexibility index (Phi) is 3.36. The summed E-state index contributed by atoms with van der Waals surface area (Å²) >= 11 is 0. The molecule has 3 heteroatoms. The highest BCUT2D eigenvalue weighted by Crippen LogP contribution is 2.36. The molecule has 0 aromatic heterocycles. The molecule has 0 radical (unpaired) electrons. The Morgan fingerprint density at radius 3 is 2.70 bits per heavy atom. The minimum atomic E-state index is -0.611. The molecular formula is C17H18O3. The van der Waals surface area contributed by atoms with E-state index >= 15 is 0 Å². The van der Waals surface area contributed by atoms with E-state index in [2.05, 4.69) is 0 Å². The van der Waals surface area contributed by atoms with Crippen molar-refractivity contribution in [3.8, 4) is 11.5 Å². The average Bonchev–Trinajstić information content (AvgIpc) is 2.77. The molecule has 3 rings (SSSR count). The lowest BCUT2D eigenvalue weighted by Gasteiger charge is -2.19. The van der Waals surface area contributed by atoms with Crippen molar-refractivity contribution in [1.29, 1.82) is 0 Å². The van der Waals surface area contributed by atoms with Crippen LogP contribution in [0, 0.1) is 6.92 Å². The van der Waals surface area contributed by atoms with Gasteiger partial charge in [0.25, 0.3) is 0 Å². The number of benzene rings is 2. The molecule has 0 aliphatic heterocycles. The van der Waals surface area contributed by atoms with Gasteiger partial charge in [-0.1, -0.05) is 24.3 Å². The summed E-state index contributed by atoms with van der Waals surface area (Å²) in [6.07, 6.45) is -0.132. The lowest BCUT2D eigenvalue weighted by Crippen LogP contribution is -2.21. The second-order valence-corrected chi connectivity index (χ2v) is 5.14. The summed E-state index contributed by atoms with van der Waals surface area (Å²) < 4.78 is 11.2. The molecule has 0 amide bonds. The average molecular weight is 270 g/mol. The molecule has 1 aliphatic carbocycles. The van der Waals surface area contributed by atoms with Gasteiger partial charge in [0.15, 0.2) is 0 Å². The number of fused-ring (bicyclic) bond motifs is 1. The van der Waals surface area contributed by atoms with Gasteiger partial charge in [-0.15, -0.1) is 0 Å². The van der Waals surface area contributed by atoms with E-state index < -0.39 is 6.10 Å². The highest BCUT2D eigenvalue weighted by molar-refractivity contribution is 5.42. The van der Waals surface area contributed by atoms with Crippen LogP contribution in [0.4, 0.5) is 0 Å². The maximum absolute atomic E-state index is 10.4. The van der Waals surface area contributed by atoms with Crippen LogP contribution in [0.1, 0.15) is 22.8 Å².